The van der Waals surface area contributed by atoms with Gasteiger partial charge in [-0.25, -0.2) is 15.6 Å². The van der Waals surface area contributed by atoms with Gasteiger partial charge in [-0.3, -0.25) is 14.6 Å². The van der Waals surface area contributed by atoms with Crippen molar-refractivity contribution in [3.8, 4) is 0 Å². The summed E-state index contributed by atoms with van der Waals surface area (Å²) in [5.41, 5.74) is 0.726. The number of rotatable bonds is 8. The summed E-state index contributed by atoms with van der Waals surface area (Å²) in [5, 5.41) is 12.6. The number of hydrogen-bond donors (Lipinski definition) is 3. The van der Waals surface area contributed by atoms with E-state index >= 15 is 0 Å². The molecule has 0 radical (unpaired) electrons. The average Bonchev–Trinajstić information content (AvgIpc) is 2.70. The predicted molar refractivity (Wildman–Crippen MR) is 104 cm³/mol. The molecule has 1 aromatic carbocycles. The number of nitrogens with zero attached hydrogens (tertiary/aromatic N) is 2. The maximum atomic E-state index is 12.4. The normalized spacial score (nSPS) is 11.5. The molecular formula is C18H20N4O4S. The number of carboxylic acids is 1. The lowest BCUT2D eigenvalue weighted by atomic mass is 10.2. The Kier molecular flexibility index (Phi) is 7.33. The summed E-state index contributed by atoms with van der Waals surface area (Å²) in [5.74, 6) is 4.22. The molecule has 2 amide bonds. The molecule has 1 atom stereocenters. The van der Waals surface area contributed by atoms with E-state index < -0.39 is 23.8 Å². The first-order valence-electron chi connectivity index (χ1n) is 8.07. The highest BCUT2D eigenvalue weighted by Gasteiger charge is 2.21. The zero-order chi connectivity index (χ0) is 19.8. The molecule has 142 valence electrons. The van der Waals surface area contributed by atoms with Crippen molar-refractivity contribution in [2.24, 2.45) is 5.84 Å². The van der Waals surface area contributed by atoms with Gasteiger partial charge in [0, 0.05) is 6.20 Å². The molecule has 0 fully saturated rings. The number of amides is 2. The van der Waals surface area contributed by atoms with Crippen molar-refractivity contribution < 1.29 is 19.5 Å². The van der Waals surface area contributed by atoms with Gasteiger partial charge in [0.25, 0.3) is 11.8 Å². The molecule has 0 aliphatic heterocycles. The van der Waals surface area contributed by atoms with Crippen LogP contribution in [0.1, 0.15) is 27.3 Å². The second-order valence-electron chi connectivity index (χ2n) is 5.59. The molecule has 1 unspecified atom stereocenters. The number of carbonyl (C=O) groups is 3. The minimum absolute atomic E-state index is 0.0649. The fraction of sp³-hybridized carbons (Fsp3) is 0.222. The number of para-hydroxylation sites is 1. The number of nitrogens with two attached hydrogens (primary N) is 1. The highest BCUT2D eigenvalue weighted by Crippen LogP contribution is 2.12. The summed E-state index contributed by atoms with van der Waals surface area (Å²) in [6, 6.07) is 10.5. The molecule has 4 N–H and O–H groups in total. The number of anilines is 1. The van der Waals surface area contributed by atoms with Gasteiger partial charge in [-0.05, 0) is 42.7 Å². The van der Waals surface area contributed by atoms with Crippen LogP contribution < -0.4 is 16.2 Å². The topological polar surface area (TPSA) is 126 Å². The Morgan fingerprint density at radius 3 is 2.48 bits per heavy atom. The number of carbonyl (C=O) groups excluding carboxylic acids is 2. The first kappa shape index (κ1) is 20.4. The molecule has 0 aliphatic carbocycles. The number of hydrogen-bond acceptors (Lipinski definition) is 6. The Hall–Kier alpha value is -2.91. The molecule has 1 heterocycles. The minimum Gasteiger partial charge on any atom is -0.480 e. The third-order valence-electron chi connectivity index (χ3n) is 3.71. The summed E-state index contributed by atoms with van der Waals surface area (Å²) < 4.78 is 0. The Morgan fingerprint density at radius 2 is 1.93 bits per heavy atom. The maximum Gasteiger partial charge on any atom is 0.326 e. The van der Waals surface area contributed by atoms with Crippen LogP contribution in [0.5, 0.6) is 0 Å². The summed E-state index contributed by atoms with van der Waals surface area (Å²) in [4.78, 5) is 39.8. The molecule has 0 spiro atoms. The van der Waals surface area contributed by atoms with Crippen LogP contribution >= 0.6 is 11.8 Å². The van der Waals surface area contributed by atoms with E-state index in [-0.39, 0.29) is 11.3 Å². The quantitative estimate of drug-likeness (QED) is 0.356. The zero-order valence-corrected chi connectivity index (χ0v) is 15.5. The standard InChI is InChI=1S/C18H20N4O4S/c1-27-10-9-15(18(25)26)21-16(23)12-7-8-14(20-11-12)17(24)22(19)13-5-3-2-4-6-13/h2-8,11,15H,9-10,19H2,1H3,(H,21,23)(H,25,26). The van der Waals surface area contributed by atoms with E-state index in [2.05, 4.69) is 10.3 Å². The van der Waals surface area contributed by atoms with Crippen LogP contribution in [0, 0.1) is 0 Å². The fourth-order valence-electron chi connectivity index (χ4n) is 2.22. The second-order valence-corrected chi connectivity index (χ2v) is 6.57. The molecule has 1 aromatic heterocycles. The molecule has 0 aliphatic rings. The number of carboxylic acid groups (broad SMARTS) is 1. The Labute approximate surface area is 160 Å². The van der Waals surface area contributed by atoms with Crippen molar-refractivity contribution in [1.29, 1.82) is 0 Å². The van der Waals surface area contributed by atoms with Gasteiger partial charge in [0.05, 0.1) is 11.3 Å². The Morgan fingerprint density at radius 1 is 1.22 bits per heavy atom. The third kappa shape index (κ3) is 5.53. The van der Waals surface area contributed by atoms with E-state index in [1.807, 2.05) is 6.26 Å². The number of aliphatic carboxylic acids is 1. The number of nitrogens with one attached hydrogen (secondary N) is 1. The highest BCUT2D eigenvalue weighted by molar-refractivity contribution is 7.98. The first-order chi connectivity index (χ1) is 12.9. The van der Waals surface area contributed by atoms with Crippen LogP contribution in [0.15, 0.2) is 48.7 Å². The molecule has 8 nitrogen and oxygen atoms in total. The summed E-state index contributed by atoms with van der Waals surface area (Å²) in [7, 11) is 0. The van der Waals surface area contributed by atoms with Crippen LogP contribution in [-0.4, -0.2) is 45.9 Å². The van der Waals surface area contributed by atoms with Gasteiger partial charge in [-0.15, -0.1) is 0 Å². The van der Waals surface area contributed by atoms with Crippen LogP contribution in [0.3, 0.4) is 0 Å². The summed E-state index contributed by atoms with van der Waals surface area (Å²) >= 11 is 1.50. The van der Waals surface area contributed by atoms with Crippen molar-refractivity contribution in [1.82, 2.24) is 10.3 Å². The van der Waals surface area contributed by atoms with Crippen LogP contribution in [-0.2, 0) is 4.79 Å². The van der Waals surface area contributed by atoms with E-state index in [1.54, 1.807) is 30.3 Å². The monoisotopic (exact) mass is 388 g/mol. The molecule has 9 heteroatoms. The van der Waals surface area contributed by atoms with E-state index in [4.69, 9.17) is 5.84 Å². The molecule has 0 saturated carbocycles. The fourth-order valence-corrected chi connectivity index (χ4v) is 2.69. The van der Waals surface area contributed by atoms with E-state index in [1.165, 1.54) is 30.1 Å². The summed E-state index contributed by atoms with van der Waals surface area (Å²) in [6.07, 6.45) is 3.39. The predicted octanol–water partition coefficient (Wildman–Crippen LogP) is 1.54. The molecule has 0 saturated heterocycles. The SMILES string of the molecule is CSCCC(NC(=O)c1ccc(C(=O)N(N)c2ccccc2)nc1)C(=O)O. The van der Waals surface area contributed by atoms with Crippen LogP contribution in [0.4, 0.5) is 5.69 Å². The van der Waals surface area contributed by atoms with Gasteiger partial charge >= 0.3 is 5.97 Å². The molecular weight excluding hydrogens is 368 g/mol. The van der Waals surface area contributed by atoms with Gasteiger partial charge in [0.2, 0.25) is 0 Å². The lowest BCUT2D eigenvalue weighted by Gasteiger charge is -2.16. The van der Waals surface area contributed by atoms with Crippen molar-refractivity contribution in [3.63, 3.8) is 0 Å². The zero-order valence-electron chi connectivity index (χ0n) is 14.7. The molecule has 0 bridgehead atoms. The Bertz CT molecular complexity index is 799. The van der Waals surface area contributed by atoms with Gasteiger partial charge in [0.1, 0.15) is 11.7 Å². The lowest BCUT2D eigenvalue weighted by molar-refractivity contribution is -0.139. The van der Waals surface area contributed by atoms with Crippen molar-refractivity contribution in [2.45, 2.75) is 12.5 Å². The average molecular weight is 388 g/mol. The number of pyridine rings is 1. The van der Waals surface area contributed by atoms with Crippen molar-refractivity contribution in [3.05, 3.63) is 59.9 Å². The first-order valence-corrected chi connectivity index (χ1v) is 9.46. The third-order valence-corrected chi connectivity index (χ3v) is 4.36. The highest BCUT2D eigenvalue weighted by atomic mass is 32.2. The van der Waals surface area contributed by atoms with Gasteiger partial charge in [-0.2, -0.15) is 11.8 Å². The van der Waals surface area contributed by atoms with Crippen LogP contribution in [0.2, 0.25) is 0 Å². The number of aromatic nitrogens is 1. The Balaban J connectivity index is 2.06. The van der Waals surface area contributed by atoms with Gasteiger partial charge < -0.3 is 10.4 Å². The van der Waals surface area contributed by atoms with Crippen molar-refractivity contribution in [2.75, 3.05) is 17.0 Å². The molecule has 2 aromatic rings. The number of thioether (sulfide) groups is 1. The molecule has 27 heavy (non-hydrogen) atoms. The smallest absolute Gasteiger partial charge is 0.326 e. The largest absolute Gasteiger partial charge is 0.480 e. The lowest BCUT2D eigenvalue weighted by Crippen LogP contribution is -2.41. The van der Waals surface area contributed by atoms with Gasteiger partial charge in [0.15, 0.2) is 0 Å². The van der Waals surface area contributed by atoms with E-state index in [9.17, 15) is 19.5 Å². The number of benzene rings is 1. The second kappa shape index (κ2) is 9.70. The summed E-state index contributed by atoms with van der Waals surface area (Å²) in [6.45, 7) is 0. The van der Waals surface area contributed by atoms with Crippen molar-refractivity contribution >= 4 is 35.2 Å². The number of hydrazine groups is 1. The maximum absolute atomic E-state index is 12.4. The van der Waals surface area contributed by atoms with Crippen LogP contribution in [0.25, 0.3) is 0 Å². The molecule has 2 rings (SSSR count). The van der Waals surface area contributed by atoms with Gasteiger partial charge in [-0.1, -0.05) is 18.2 Å². The minimum atomic E-state index is -1.10. The van der Waals surface area contributed by atoms with E-state index in [0.29, 0.717) is 17.9 Å². The van der Waals surface area contributed by atoms with E-state index in [0.717, 1.165) is 5.01 Å².